The average Bonchev–Trinajstić information content (AvgIpc) is 2.45. The van der Waals surface area contributed by atoms with Gasteiger partial charge in [0, 0.05) is 11.9 Å². The van der Waals surface area contributed by atoms with Crippen molar-refractivity contribution < 1.29 is 9.84 Å². The third kappa shape index (κ3) is 4.74. The molecule has 1 aromatic heterocycles. The van der Waals surface area contributed by atoms with E-state index >= 15 is 0 Å². The highest BCUT2D eigenvalue weighted by atomic mass is 35.5. The fourth-order valence-electron chi connectivity index (χ4n) is 1.41. The second-order valence-electron chi connectivity index (χ2n) is 3.87. The lowest BCUT2D eigenvalue weighted by molar-refractivity contribution is 0.126. The van der Waals surface area contributed by atoms with Gasteiger partial charge in [-0.25, -0.2) is 4.98 Å². The van der Waals surface area contributed by atoms with E-state index in [2.05, 4.69) is 4.98 Å². The Morgan fingerprint density at radius 2 is 2.00 bits per heavy atom. The van der Waals surface area contributed by atoms with Gasteiger partial charge in [0.1, 0.15) is 12.4 Å². The van der Waals surface area contributed by atoms with Crippen LogP contribution in [-0.2, 0) is 0 Å². The number of thioether (sulfide) groups is 1. The minimum Gasteiger partial charge on any atom is -0.489 e. The number of aliphatic hydroxyl groups is 1. The van der Waals surface area contributed by atoms with Crippen LogP contribution >= 0.6 is 23.4 Å². The van der Waals surface area contributed by atoms with Gasteiger partial charge in [-0.15, -0.1) is 11.8 Å². The first-order valence-electron chi connectivity index (χ1n) is 5.85. The van der Waals surface area contributed by atoms with Crippen LogP contribution in [0, 0.1) is 0 Å². The summed E-state index contributed by atoms with van der Waals surface area (Å²) in [7, 11) is 0. The van der Waals surface area contributed by atoms with Crippen molar-refractivity contribution in [2.24, 2.45) is 0 Å². The molecule has 0 spiro atoms. The lowest BCUT2D eigenvalue weighted by atomic mass is 10.3. The molecule has 3 nitrogen and oxygen atoms in total. The van der Waals surface area contributed by atoms with Crippen molar-refractivity contribution >= 4 is 23.4 Å². The second-order valence-corrected chi connectivity index (χ2v) is 5.32. The quantitative estimate of drug-likeness (QED) is 0.831. The Hall–Kier alpha value is -1.23. The molecule has 1 N–H and O–H groups in total. The molecule has 0 fully saturated rings. The number of aromatic nitrogens is 1. The monoisotopic (exact) mass is 295 g/mol. The summed E-state index contributed by atoms with van der Waals surface area (Å²) in [5.74, 6) is 1.12. The Balaban J connectivity index is 1.76. The predicted molar refractivity (Wildman–Crippen MR) is 77.9 cm³/mol. The number of para-hydroxylation sites is 1. The third-order valence-electron chi connectivity index (χ3n) is 2.33. The van der Waals surface area contributed by atoms with Gasteiger partial charge in [0.25, 0.3) is 0 Å². The summed E-state index contributed by atoms with van der Waals surface area (Å²) in [5, 5.41) is 11.3. The molecule has 0 bridgehead atoms. The van der Waals surface area contributed by atoms with E-state index in [0.29, 0.717) is 16.5 Å². The van der Waals surface area contributed by atoms with E-state index in [4.69, 9.17) is 16.3 Å². The van der Waals surface area contributed by atoms with Crippen LogP contribution in [0.3, 0.4) is 0 Å². The normalized spacial score (nSPS) is 12.1. The Labute approximate surface area is 121 Å². The van der Waals surface area contributed by atoms with Crippen LogP contribution in [0.25, 0.3) is 0 Å². The molecule has 1 aromatic carbocycles. The lowest BCUT2D eigenvalue weighted by Gasteiger charge is -2.12. The number of benzene rings is 1. The van der Waals surface area contributed by atoms with Crippen molar-refractivity contribution in [1.82, 2.24) is 4.98 Å². The predicted octanol–water partition coefficient (Wildman–Crippen LogP) is 3.27. The first-order chi connectivity index (χ1) is 9.25. The fraction of sp³-hybridized carbons (Fsp3) is 0.214. The van der Waals surface area contributed by atoms with E-state index in [1.54, 1.807) is 18.3 Å². The molecule has 0 saturated carbocycles. The smallest absolute Gasteiger partial charge is 0.138 e. The average molecular weight is 296 g/mol. The van der Waals surface area contributed by atoms with Crippen molar-refractivity contribution in [2.75, 3.05) is 12.4 Å². The topological polar surface area (TPSA) is 42.4 Å². The number of hydrogen-bond donors (Lipinski definition) is 1. The van der Waals surface area contributed by atoms with E-state index in [9.17, 15) is 5.11 Å². The zero-order valence-corrected chi connectivity index (χ0v) is 11.8. The number of halogens is 1. The molecule has 0 amide bonds. The van der Waals surface area contributed by atoms with Gasteiger partial charge in [-0.3, -0.25) is 0 Å². The Kier molecular flexibility index (Phi) is 5.51. The van der Waals surface area contributed by atoms with Crippen LogP contribution in [0.2, 0.25) is 5.02 Å². The molecule has 0 aliphatic rings. The van der Waals surface area contributed by atoms with Gasteiger partial charge in [0.2, 0.25) is 0 Å². The molecule has 19 heavy (non-hydrogen) atoms. The number of pyridine rings is 1. The molecule has 1 heterocycles. The van der Waals surface area contributed by atoms with Gasteiger partial charge in [0.15, 0.2) is 0 Å². The van der Waals surface area contributed by atoms with Crippen LogP contribution in [0.4, 0.5) is 0 Å². The number of rotatable bonds is 6. The van der Waals surface area contributed by atoms with Crippen molar-refractivity contribution in [3.05, 3.63) is 53.7 Å². The van der Waals surface area contributed by atoms with Crippen molar-refractivity contribution in [2.45, 2.75) is 11.1 Å². The SMILES string of the molecule is OC(COc1ccccc1Cl)CSc1ccccn1. The molecule has 0 aliphatic heterocycles. The maximum Gasteiger partial charge on any atom is 0.138 e. The lowest BCUT2D eigenvalue weighted by Crippen LogP contribution is -2.20. The highest BCUT2D eigenvalue weighted by Gasteiger charge is 2.08. The summed E-state index contributed by atoms with van der Waals surface area (Å²) >= 11 is 7.45. The molecule has 1 unspecified atom stereocenters. The molecular formula is C14H14ClNO2S. The molecule has 0 saturated heterocycles. The molecule has 2 aromatic rings. The second kappa shape index (κ2) is 7.38. The molecule has 100 valence electrons. The van der Waals surface area contributed by atoms with E-state index < -0.39 is 6.10 Å². The summed E-state index contributed by atoms with van der Waals surface area (Å²) in [6.07, 6.45) is 1.16. The highest BCUT2D eigenvalue weighted by molar-refractivity contribution is 7.99. The van der Waals surface area contributed by atoms with E-state index in [0.717, 1.165) is 5.03 Å². The number of hydrogen-bond acceptors (Lipinski definition) is 4. The summed E-state index contributed by atoms with van der Waals surface area (Å²) in [6.45, 7) is 0.212. The van der Waals surface area contributed by atoms with Crippen LogP contribution in [0.1, 0.15) is 0 Å². The van der Waals surface area contributed by atoms with Gasteiger partial charge in [-0.05, 0) is 24.3 Å². The first-order valence-corrected chi connectivity index (χ1v) is 7.21. The molecule has 0 radical (unpaired) electrons. The minimum atomic E-state index is -0.566. The number of aliphatic hydroxyl groups excluding tert-OH is 1. The Morgan fingerprint density at radius 3 is 2.74 bits per heavy atom. The Morgan fingerprint density at radius 1 is 1.21 bits per heavy atom. The maximum atomic E-state index is 9.85. The zero-order chi connectivity index (χ0) is 13.5. The van der Waals surface area contributed by atoms with Gasteiger partial charge < -0.3 is 9.84 Å². The molecule has 2 rings (SSSR count). The standard InChI is InChI=1S/C14H14ClNO2S/c15-12-5-1-2-6-13(12)18-9-11(17)10-19-14-7-3-4-8-16-14/h1-8,11,17H,9-10H2. The summed E-state index contributed by atoms with van der Waals surface area (Å²) in [6, 6.07) is 12.9. The fourth-order valence-corrected chi connectivity index (χ4v) is 2.37. The van der Waals surface area contributed by atoms with E-state index in [1.165, 1.54) is 11.8 Å². The van der Waals surface area contributed by atoms with Crippen molar-refractivity contribution in [3.63, 3.8) is 0 Å². The van der Waals surface area contributed by atoms with Crippen LogP contribution in [0.15, 0.2) is 53.7 Å². The largest absolute Gasteiger partial charge is 0.489 e. The zero-order valence-electron chi connectivity index (χ0n) is 10.2. The van der Waals surface area contributed by atoms with Gasteiger partial charge in [-0.1, -0.05) is 29.8 Å². The summed E-state index contributed by atoms with van der Waals surface area (Å²) < 4.78 is 5.47. The van der Waals surface area contributed by atoms with Crippen molar-refractivity contribution in [3.8, 4) is 5.75 Å². The number of nitrogens with zero attached hydrogens (tertiary/aromatic N) is 1. The van der Waals surface area contributed by atoms with E-state index in [-0.39, 0.29) is 6.61 Å². The number of ether oxygens (including phenoxy) is 1. The van der Waals surface area contributed by atoms with Gasteiger partial charge in [-0.2, -0.15) is 0 Å². The Bertz CT molecular complexity index is 510. The highest BCUT2D eigenvalue weighted by Crippen LogP contribution is 2.23. The first kappa shape index (κ1) is 14.2. The summed E-state index contributed by atoms with van der Waals surface area (Å²) in [4.78, 5) is 4.17. The molecule has 5 heteroatoms. The van der Waals surface area contributed by atoms with Crippen LogP contribution in [-0.4, -0.2) is 28.6 Å². The summed E-state index contributed by atoms with van der Waals surface area (Å²) in [5.41, 5.74) is 0. The van der Waals surface area contributed by atoms with Gasteiger partial charge >= 0.3 is 0 Å². The third-order valence-corrected chi connectivity index (χ3v) is 3.73. The molecule has 1 atom stereocenters. The van der Waals surface area contributed by atoms with Crippen LogP contribution in [0.5, 0.6) is 5.75 Å². The maximum absolute atomic E-state index is 9.85. The molecule has 0 aliphatic carbocycles. The van der Waals surface area contributed by atoms with Crippen LogP contribution < -0.4 is 4.74 Å². The minimum absolute atomic E-state index is 0.212. The molecular weight excluding hydrogens is 282 g/mol. The van der Waals surface area contributed by atoms with Gasteiger partial charge in [0.05, 0.1) is 16.2 Å². The van der Waals surface area contributed by atoms with E-state index in [1.807, 2.05) is 30.3 Å². The van der Waals surface area contributed by atoms with Crippen molar-refractivity contribution in [1.29, 1.82) is 0 Å².